The summed E-state index contributed by atoms with van der Waals surface area (Å²) in [5.74, 6) is 0.293. The van der Waals surface area contributed by atoms with Crippen LogP contribution in [-0.2, 0) is 20.6 Å². The number of hydrogen-bond acceptors (Lipinski definition) is 5. The van der Waals surface area contributed by atoms with E-state index in [-0.39, 0.29) is 12.2 Å². The highest BCUT2D eigenvalue weighted by Crippen LogP contribution is 2.56. The van der Waals surface area contributed by atoms with Crippen molar-refractivity contribution in [3.63, 3.8) is 0 Å². The van der Waals surface area contributed by atoms with Crippen molar-refractivity contribution < 1.29 is 19.0 Å². The van der Waals surface area contributed by atoms with Gasteiger partial charge in [-0.1, -0.05) is 19.4 Å². The predicted octanol–water partition coefficient (Wildman–Crippen LogP) is 5.56. The summed E-state index contributed by atoms with van der Waals surface area (Å²) in [4.78, 5) is 17.9. The van der Waals surface area contributed by atoms with Crippen molar-refractivity contribution in [2.75, 3.05) is 26.4 Å². The van der Waals surface area contributed by atoms with Crippen LogP contribution in [0.4, 0.5) is 0 Å². The zero-order valence-electron chi connectivity index (χ0n) is 19.7. The van der Waals surface area contributed by atoms with Gasteiger partial charge in [-0.3, -0.25) is 9.78 Å². The molecule has 0 bridgehead atoms. The van der Waals surface area contributed by atoms with Gasteiger partial charge in [-0.2, -0.15) is 0 Å². The van der Waals surface area contributed by atoms with Crippen molar-refractivity contribution in [3.05, 3.63) is 34.2 Å². The van der Waals surface area contributed by atoms with Crippen LogP contribution in [0.15, 0.2) is 6.08 Å². The summed E-state index contributed by atoms with van der Waals surface area (Å²) in [6.07, 6.45) is 13.1. The number of carbonyl (C=O) groups excluding carboxylic acids is 1. The van der Waals surface area contributed by atoms with Crippen molar-refractivity contribution in [2.24, 2.45) is 5.41 Å². The van der Waals surface area contributed by atoms with Gasteiger partial charge in [0, 0.05) is 36.0 Å². The van der Waals surface area contributed by atoms with Crippen LogP contribution in [0.3, 0.4) is 0 Å². The molecule has 174 valence electrons. The van der Waals surface area contributed by atoms with Gasteiger partial charge >= 0.3 is 0 Å². The summed E-state index contributed by atoms with van der Waals surface area (Å²) >= 11 is 0. The van der Waals surface area contributed by atoms with Crippen LogP contribution in [0.5, 0.6) is 0 Å². The van der Waals surface area contributed by atoms with E-state index >= 15 is 0 Å². The average Bonchev–Trinajstić information content (AvgIpc) is 2.82. The number of pyridine rings is 1. The smallest absolute Gasteiger partial charge is 0.152 e. The Morgan fingerprint density at radius 3 is 2.69 bits per heavy atom. The number of hydrogen-bond donors (Lipinski definition) is 0. The Balaban J connectivity index is 1.69. The SMILES string of the molecule is CCC(C)O[C@H]1CC2(CCC2)Cc2nc(C3CCOCC3)c(C=O)c(C3=CCOCC3)c21. The van der Waals surface area contributed by atoms with Crippen molar-refractivity contribution in [1.82, 2.24) is 4.98 Å². The summed E-state index contributed by atoms with van der Waals surface area (Å²) in [5.41, 5.74) is 6.89. The molecule has 4 aliphatic rings. The fourth-order valence-electron chi connectivity index (χ4n) is 6.14. The van der Waals surface area contributed by atoms with Crippen LogP contribution in [0.1, 0.15) is 110 Å². The van der Waals surface area contributed by atoms with Crippen LogP contribution < -0.4 is 0 Å². The van der Waals surface area contributed by atoms with Gasteiger partial charge in [-0.25, -0.2) is 0 Å². The molecule has 0 aromatic carbocycles. The van der Waals surface area contributed by atoms with Gasteiger partial charge in [0.15, 0.2) is 6.29 Å². The molecule has 5 heteroatoms. The Kier molecular flexibility index (Phi) is 6.51. The lowest BCUT2D eigenvalue weighted by molar-refractivity contribution is -0.0588. The minimum absolute atomic E-state index is 0.0164. The monoisotopic (exact) mass is 439 g/mol. The van der Waals surface area contributed by atoms with Gasteiger partial charge in [0.25, 0.3) is 0 Å². The molecule has 1 aromatic rings. The second-order valence-electron chi connectivity index (χ2n) is 10.3. The van der Waals surface area contributed by atoms with Crippen LogP contribution in [-0.4, -0.2) is 43.8 Å². The summed E-state index contributed by atoms with van der Waals surface area (Å²) in [6, 6.07) is 0. The summed E-state index contributed by atoms with van der Waals surface area (Å²) < 4.78 is 17.9. The third-order valence-electron chi connectivity index (χ3n) is 8.26. The van der Waals surface area contributed by atoms with Gasteiger partial charge < -0.3 is 14.2 Å². The summed E-state index contributed by atoms with van der Waals surface area (Å²) in [5, 5.41) is 0. The van der Waals surface area contributed by atoms with Gasteiger partial charge in [0.2, 0.25) is 0 Å². The van der Waals surface area contributed by atoms with E-state index in [2.05, 4.69) is 19.9 Å². The normalized spacial score (nSPS) is 26.2. The second-order valence-corrected chi connectivity index (χ2v) is 10.3. The van der Waals surface area contributed by atoms with Crippen LogP contribution in [0, 0.1) is 5.41 Å². The predicted molar refractivity (Wildman–Crippen MR) is 124 cm³/mol. The Morgan fingerprint density at radius 1 is 1.25 bits per heavy atom. The van der Waals surface area contributed by atoms with Crippen LogP contribution in [0.25, 0.3) is 5.57 Å². The Labute approximate surface area is 191 Å². The number of aldehydes is 1. The van der Waals surface area contributed by atoms with E-state index < -0.39 is 0 Å². The van der Waals surface area contributed by atoms with Crippen molar-refractivity contribution in [3.8, 4) is 0 Å². The molecule has 0 radical (unpaired) electrons. The van der Waals surface area contributed by atoms with Gasteiger partial charge in [-0.15, -0.1) is 0 Å². The molecule has 2 aliphatic carbocycles. The van der Waals surface area contributed by atoms with Gasteiger partial charge in [0.05, 0.1) is 31.1 Å². The van der Waals surface area contributed by atoms with E-state index in [1.807, 2.05) is 0 Å². The minimum atomic E-state index is 0.0164. The molecule has 2 aliphatic heterocycles. The molecule has 1 aromatic heterocycles. The minimum Gasteiger partial charge on any atom is -0.381 e. The van der Waals surface area contributed by atoms with E-state index in [0.29, 0.717) is 24.5 Å². The van der Waals surface area contributed by atoms with Crippen molar-refractivity contribution in [1.29, 1.82) is 0 Å². The summed E-state index contributed by atoms with van der Waals surface area (Å²) in [7, 11) is 0. The largest absolute Gasteiger partial charge is 0.381 e. The van der Waals surface area contributed by atoms with Gasteiger partial charge in [-0.05, 0) is 74.8 Å². The maximum Gasteiger partial charge on any atom is 0.152 e. The first-order valence-corrected chi connectivity index (χ1v) is 12.7. The number of carbonyl (C=O) groups is 1. The van der Waals surface area contributed by atoms with E-state index in [4.69, 9.17) is 19.2 Å². The molecular weight excluding hydrogens is 402 g/mol. The zero-order chi connectivity index (χ0) is 22.1. The van der Waals surface area contributed by atoms with Crippen LogP contribution in [0.2, 0.25) is 0 Å². The molecule has 32 heavy (non-hydrogen) atoms. The fraction of sp³-hybridized carbons (Fsp3) is 0.704. The van der Waals surface area contributed by atoms with E-state index in [0.717, 1.165) is 74.8 Å². The van der Waals surface area contributed by atoms with Gasteiger partial charge in [0.1, 0.15) is 0 Å². The quantitative estimate of drug-likeness (QED) is 0.543. The molecule has 1 saturated carbocycles. The molecule has 2 fully saturated rings. The molecule has 5 rings (SSSR count). The molecule has 2 atom stereocenters. The first kappa shape index (κ1) is 22.2. The maximum atomic E-state index is 12.6. The third-order valence-corrected chi connectivity index (χ3v) is 8.26. The van der Waals surface area contributed by atoms with Crippen molar-refractivity contribution >= 4 is 11.9 Å². The molecular formula is C27H37NO4. The lowest BCUT2D eigenvalue weighted by Gasteiger charge is -2.49. The highest BCUT2D eigenvalue weighted by Gasteiger charge is 2.46. The molecule has 1 unspecified atom stereocenters. The molecule has 5 nitrogen and oxygen atoms in total. The molecule has 0 amide bonds. The third kappa shape index (κ3) is 4.08. The molecule has 3 heterocycles. The molecule has 0 N–H and O–H groups in total. The molecule has 1 saturated heterocycles. The first-order valence-electron chi connectivity index (χ1n) is 12.7. The number of rotatable bonds is 6. The number of aromatic nitrogens is 1. The number of fused-ring (bicyclic) bond motifs is 1. The number of nitrogens with zero attached hydrogens (tertiary/aromatic N) is 1. The topological polar surface area (TPSA) is 57.7 Å². The lowest BCUT2D eigenvalue weighted by Crippen LogP contribution is -2.40. The first-order chi connectivity index (χ1) is 15.6. The van der Waals surface area contributed by atoms with E-state index in [1.54, 1.807) is 0 Å². The van der Waals surface area contributed by atoms with E-state index in [9.17, 15) is 4.79 Å². The lowest BCUT2D eigenvalue weighted by atomic mass is 9.59. The zero-order valence-corrected chi connectivity index (χ0v) is 19.7. The average molecular weight is 440 g/mol. The second kappa shape index (κ2) is 9.36. The van der Waals surface area contributed by atoms with Crippen LogP contribution >= 0.6 is 0 Å². The Bertz CT molecular complexity index is 882. The summed E-state index contributed by atoms with van der Waals surface area (Å²) in [6.45, 7) is 7.15. The highest BCUT2D eigenvalue weighted by molar-refractivity contribution is 5.89. The standard InChI is InChI=1S/C27H37NO4/c1-3-18(2)32-23-16-27(9-4-10-27)15-22-25(23)24(19-5-11-30-12-6-19)21(17-29)26(28-22)20-7-13-31-14-8-20/h5,17-18,20,23H,3-4,6-16H2,1-2H3/t18?,23-/m0/s1. The molecule has 1 spiro atoms. The van der Waals surface area contributed by atoms with Crippen molar-refractivity contribution in [2.45, 2.75) is 89.8 Å². The Hall–Kier alpha value is -1.56. The van der Waals surface area contributed by atoms with E-state index in [1.165, 1.54) is 36.1 Å². The number of ether oxygens (including phenoxy) is 3. The maximum absolute atomic E-state index is 12.6. The fourth-order valence-corrected chi connectivity index (χ4v) is 6.14. The Morgan fingerprint density at radius 2 is 2.06 bits per heavy atom. The highest BCUT2D eigenvalue weighted by atomic mass is 16.5.